The molecule has 4 nitrogen and oxygen atoms in total. The van der Waals surface area contributed by atoms with Crippen LogP contribution in [0.3, 0.4) is 0 Å². The van der Waals surface area contributed by atoms with Gasteiger partial charge in [0.25, 0.3) is 0 Å². The molecule has 0 bridgehead atoms. The second kappa shape index (κ2) is 6.66. The normalized spacial score (nSPS) is 10.6. The summed E-state index contributed by atoms with van der Waals surface area (Å²) in [4.78, 5) is 0. The van der Waals surface area contributed by atoms with E-state index >= 15 is 0 Å². The van der Waals surface area contributed by atoms with Crippen LogP contribution in [0, 0.1) is 6.92 Å². The lowest BCUT2D eigenvalue weighted by Crippen LogP contribution is -2.07. The second-order valence-corrected chi connectivity index (χ2v) is 4.73. The molecule has 0 amide bonds. The smallest absolute Gasteiger partial charge is 0.166 e. The standard InChI is InChI=1S/C15H19ClN2O2/c1-4-18-13(8-11(2)17-18)10-20-15-12(9-16)6-5-7-14(15)19-3/h5-8H,4,9-10H2,1-3H3. The largest absolute Gasteiger partial charge is 0.493 e. The van der Waals surface area contributed by atoms with Crippen LogP contribution in [-0.4, -0.2) is 16.9 Å². The molecule has 5 heteroatoms. The zero-order chi connectivity index (χ0) is 14.5. The number of alkyl halides is 1. The average Bonchev–Trinajstić information content (AvgIpc) is 2.84. The molecule has 0 unspecified atom stereocenters. The molecule has 0 fully saturated rings. The van der Waals surface area contributed by atoms with Gasteiger partial charge in [-0.25, -0.2) is 0 Å². The third kappa shape index (κ3) is 3.07. The molecule has 108 valence electrons. The number of para-hydroxylation sites is 1. The molecule has 0 aliphatic carbocycles. The highest BCUT2D eigenvalue weighted by atomic mass is 35.5. The minimum absolute atomic E-state index is 0.388. The van der Waals surface area contributed by atoms with Crippen LogP contribution in [0.2, 0.25) is 0 Å². The first-order valence-corrected chi connectivity index (χ1v) is 7.11. The van der Waals surface area contributed by atoms with Gasteiger partial charge in [0.15, 0.2) is 11.5 Å². The SMILES string of the molecule is CCn1nc(C)cc1COc1c(CCl)cccc1OC. The van der Waals surface area contributed by atoms with Crippen LogP contribution in [0.25, 0.3) is 0 Å². The van der Waals surface area contributed by atoms with Crippen LogP contribution >= 0.6 is 11.6 Å². The third-order valence-corrected chi connectivity index (χ3v) is 3.36. The van der Waals surface area contributed by atoms with Crippen LogP contribution in [-0.2, 0) is 19.0 Å². The van der Waals surface area contributed by atoms with Gasteiger partial charge >= 0.3 is 0 Å². The first-order chi connectivity index (χ1) is 9.69. The Bertz CT molecular complexity index is 559. The zero-order valence-electron chi connectivity index (χ0n) is 12.0. The number of nitrogens with zero attached hydrogens (tertiary/aromatic N) is 2. The molecule has 2 rings (SSSR count). The van der Waals surface area contributed by atoms with Crippen molar-refractivity contribution in [3.63, 3.8) is 0 Å². The quantitative estimate of drug-likeness (QED) is 0.765. The second-order valence-electron chi connectivity index (χ2n) is 4.46. The Labute approximate surface area is 124 Å². The molecular formula is C15H19ClN2O2. The molecule has 0 saturated heterocycles. The molecular weight excluding hydrogens is 276 g/mol. The maximum Gasteiger partial charge on any atom is 0.166 e. The van der Waals surface area contributed by atoms with Crippen LogP contribution in [0.15, 0.2) is 24.3 Å². The summed E-state index contributed by atoms with van der Waals surface area (Å²) in [5, 5.41) is 4.41. The number of benzene rings is 1. The van der Waals surface area contributed by atoms with E-state index in [0.717, 1.165) is 23.5 Å². The van der Waals surface area contributed by atoms with Gasteiger partial charge in [0.2, 0.25) is 0 Å². The molecule has 0 aliphatic rings. The highest BCUT2D eigenvalue weighted by molar-refractivity contribution is 6.17. The first-order valence-electron chi connectivity index (χ1n) is 6.57. The lowest BCUT2D eigenvalue weighted by molar-refractivity contribution is 0.272. The van der Waals surface area contributed by atoms with E-state index in [0.29, 0.717) is 24.0 Å². The Balaban J connectivity index is 2.22. The van der Waals surface area contributed by atoms with E-state index in [1.54, 1.807) is 7.11 Å². The number of aromatic nitrogens is 2. The van der Waals surface area contributed by atoms with E-state index in [-0.39, 0.29) is 0 Å². The summed E-state index contributed by atoms with van der Waals surface area (Å²) in [6, 6.07) is 7.74. The van der Waals surface area contributed by atoms with Crippen molar-refractivity contribution in [3.8, 4) is 11.5 Å². The topological polar surface area (TPSA) is 36.3 Å². The predicted molar refractivity (Wildman–Crippen MR) is 79.5 cm³/mol. The van der Waals surface area contributed by atoms with Crippen LogP contribution < -0.4 is 9.47 Å². The highest BCUT2D eigenvalue weighted by Crippen LogP contribution is 2.32. The number of ether oxygens (including phenoxy) is 2. The van der Waals surface area contributed by atoms with Gasteiger partial charge < -0.3 is 9.47 Å². The monoisotopic (exact) mass is 294 g/mol. The van der Waals surface area contributed by atoms with Crippen LogP contribution in [0.4, 0.5) is 0 Å². The Morgan fingerprint density at radius 2 is 2.15 bits per heavy atom. The number of methoxy groups -OCH3 is 1. The molecule has 2 aromatic rings. The summed E-state index contributed by atoms with van der Waals surface area (Å²) in [7, 11) is 1.63. The fourth-order valence-electron chi connectivity index (χ4n) is 2.13. The van der Waals surface area contributed by atoms with Gasteiger partial charge in [-0.2, -0.15) is 5.10 Å². The van der Waals surface area contributed by atoms with Crippen molar-refractivity contribution in [2.75, 3.05) is 7.11 Å². The number of hydrogen-bond acceptors (Lipinski definition) is 3. The number of halogens is 1. The van der Waals surface area contributed by atoms with E-state index in [4.69, 9.17) is 21.1 Å². The van der Waals surface area contributed by atoms with E-state index < -0.39 is 0 Å². The fourth-order valence-corrected chi connectivity index (χ4v) is 2.34. The van der Waals surface area contributed by atoms with Crippen molar-refractivity contribution in [1.29, 1.82) is 0 Å². The molecule has 1 heterocycles. The first kappa shape index (κ1) is 14.7. The number of rotatable bonds is 6. The van der Waals surface area contributed by atoms with Gasteiger partial charge in [-0.1, -0.05) is 12.1 Å². The third-order valence-electron chi connectivity index (χ3n) is 3.07. The number of hydrogen-bond donors (Lipinski definition) is 0. The summed E-state index contributed by atoms with van der Waals surface area (Å²) in [6.07, 6.45) is 0. The van der Waals surface area contributed by atoms with Crippen LogP contribution in [0.5, 0.6) is 11.5 Å². The molecule has 0 aliphatic heterocycles. The summed E-state index contributed by atoms with van der Waals surface area (Å²) in [5.41, 5.74) is 2.95. The molecule has 0 saturated carbocycles. The summed E-state index contributed by atoms with van der Waals surface area (Å²) >= 11 is 5.95. The summed E-state index contributed by atoms with van der Waals surface area (Å²) in [5.74, 6) is 1.78. The van der Waals surface area contributed by atoms with Crippen molar-refractivity contribution < 1.29 is 9.47 Å². The van der Waals surface area contributed by atoms with Gasteiger partial charge in [0.05, 0.1) is 24.4 Å². The maximum absolute atomic E-state index is 5.95. The predicted octanol–water partition coefficient (Wildman–Crippen LogP) is 3.54. The number of aryl methyl sites for hydroxylation is 2. The van der Waals surface area contributed by atoms with Crippen LogP contribution in [0.1, 0.15) is 23.9 Å². The minimum atomic E-state index is 0.388. The minimum Gasteiger partial charge on any atom is -0.493 e. The molecule has 0 atom stereocenters. The summed E-state index contributed by atoms with van der Waals surface area (Å²) < 4.78 is 13.2. The molecule has 20 heavy (non-hydrogen) atoms. The Morgan fingerprint density at radius 1 is 1.35 bits per heavy atom. The maximum atomic E-state index is 5.95. The van der Waals surface area contributed by atoms with E-state index in [1.807, 2.05) is 35.9 Å². The van der Waals surface area contributed by atoms with Gasteiger partial charge in [0, 0.05) is 12.1 Å². The molecule has 0 radical (unpaired) electrons. The molecule has 0 N–H and O–H groups in total. The van der Waals surface area contributed by atoms with Crippen molar-refractivity contribution in [2.24, 2.45) is 0 Å². The molecule has 0 spiro atoms. The van der Waals surface area contributed by atoms with E-state index in [9.17, 15) is 0 Å². The molecule has 1 aromatic heterocycles. The highest BCUT2D eigenvalue weighted by Gasteiger charge is 2.12. The molecule has 1 aromatic carbocycles. The van der Waals surface area contributed by atoms with Crippen molar-refractivity contribution in [1.82, 2.24) is 9.78 Å². The Kier molecular flexibility index (Phi) is 4.90. The van der Waals surface area contributed by atoms with Crippen molar-refractivity contribution in [3.05, 3.63) is 41.2 Å². The van der Waals surface area contributed by atoms with Gasteiger partial charge in [-0.05, 0) is 26.0 Å². The Hall–Kier alpha value is -1.68. The fraction of sp³-hybridized carbons (Fsp3) is 0.400. The van der Waals surface area contributed by atoms with Crippen molar-refractivity contribution >= 4 is 11.6 Å². The van der Waals surface area contributed by atoms with Gasteiger partial charge in [0.1, 0.15) is 6.61 Å². The van der Waals surface area contributed by atoms with Gasteiger partial charge in [-0.15, -0.1) is 11.6 Å². The lowest BCUT2D eigenvalue weighted by Gasteiger charge is -2.14. The van der Waals surface area contributed by atoms with Gasteiger partial charge in [-0.3, -0.25) is 4.68 Å². The van der Waals surface area contributed by atoms with Crippen molar-refractivity contribution in [2.45, 2.75) is 32.9 Å². The lowest BCUT2D eigenvalue weighted by atomic mass is 10.2. The van der Waals surface area contributed by atoms with E-state index in [2.05, 4.69) is 12.0 Å². The Morgan fingerprint density at radius 3 is 2.80 bits per heavy atom. The average molecular weight is 295 g/mol. The van der Waals surface area contributed by atoms with E-state index in [1.165, 1.54) is 0 Å². The summed E-state index contributed by atoms with van der Waals surface area (Å²) in [6.45, 7) is 5.30. The zero-order valence-corrected chi connectivity index (χ0v) is 12.8.